The summed E-state index contributed by atoms with van der Waals surface area (Å²) >= 11 is 17.8. The van der Waals surface area contributed by atoms with E-state index in [1.807, 2.05) is 0 Å². The highest BCUT2D eigenvalue weighted by atomic mass is 35.5. The number of carboxylic acid groups (broad SMARTS) is 1. The first-order chi connectivity index (χ1) is 11.3. The van der Waals surface area contributed by atoms with Crippen LogP contribution in [0.5, 0.6) is 17.2 Å². The van der Waals surface area contributed by atoms with E-state index in [-0.39, 0.29) is 29.4 Å². The summed E-state index contributed by atoms with van der Waals surface area (Å²) in [6, 6.07) is 9.11. The van der Waals surface area contributed by atoms with Gasteiger partial charge in [-0.1, -0.05) is 34.8 Å². The fourth-order valence-electron chi connectivity index (χ4n) is 1.71. The van der Waals surface area contributed by atoms with Crippen LogP contribution in [0.4, 0.5) is 0 Å². The highest BCUT2D eigenvalue weighted by molar-refractivity contribution is 6.35. The van der Waals surface area contributed by atoms with Crippen molar-refractivity contribution in [3.63, 3.8) is 0 Å². The number of benzene rings is 2. The van der Waals surface area contributed by atoms with Crippen LogP contribution in [0.1, 0.15) is 12.8 Å². The van der Waals surface area contributed by atoms with Gasteiger partial charge in [-0.2, -0.15) is 0 Å². The van der Waals surface area contributed by atoms with Gasteiger partial charge < -0.3 is 14.6 Å². The molecule has 0 saturated carbocycles. The summed E-state index contributed by atoms with van der Waals surface area (Å²) in [4.78, 5) is 22.2. The smallest absolute Gasteiger partial charge is 0.311 e. The monoisotopic (exact) mass is 388 g/mol. The Balaban J connectivity index is 2.20. The van der Waals surface area contributed by atoms with Gasteiger partial charge in [-0.05, 0) is 30.3 Å². The molecule has 0 aliphatic rings. The summed E-state index contributed by atoms with van der Waals surface area (Å²) in [5.41, 5.74) is 0. The summed E-state index contributed by atoms with van der Waals surface area (Å²) in [6.45, 7) is 0. The number of carboxylic acids is 1. The van der Waals surface area contributed by atoms with Crippen molar-refractivity contribution in [2.75, 3.05) is 0 Å². The van der Waals surface area contributed by atoms with Crippen molar-refractivity contribution in [2.45, 2.75) is 12.8 Å². The lowest BCUT2D eigenvalue weighted by Crippen LogP contribution is -2.10. The van der Waals surface area contributed by atoms with Gasteiger partial charge in [-0.3, -0.25) is 9.59 Å². The normalized spacial score (nSPS) is 10.3. The molecule has 0 bridgehead atoms. The molecule has 0 heterocycles. The van der Waals surface area contributed by atoms with Crippen LogP contribution in [-0.4, -0.2) is 17.0 Å². The van der Waals surface area contributed by atoms with Gasteiger partial charge in [-0.15, -0.1) is 0 Å². The van der Waals surface area contributed by atoms with Crippen LogP contribution in [-0.2, 0) is 9.59 Å². The Labute approximate surface area is 152 Å². The number of carbonyl (C=O) groups excluding carboxylic acids is 1. The van der Waals surface area contributed by atoms with Crippen LogP contribution in [0, 0.1) is 0 Å². The summed E-state index contributed by atoms with van der Waals surface area (Å²) < 4.78 is 10.8. The molecule has 0 aromatic heterocycles. The predicted octanol–water partition coefficient (Wildman–Crippen LogP) is 5.21. The molecule has 0 saturated heterocycles. The van der Waals surface area contributed by atoms with Gasteiger partial charge >= 0.3 is 11.9 Å². The number of carbonyl (C=O) groups is 2. The van der Waals surface area contributed by atoms with Gasteiger partial charge in [0, 0.05) is 16.1 Å². The Morgan fingerprint density at radius 2 is 1.50 bits per heavy atom. The van der Waals surface area contributed by atoms with E-state index in [4.69, 9.17) is 49.4 Å². The molecule has 2 aromatic rings. The average Bonchev–Trinajstić information content (AvgIpc) is 2.50. The molecule has 0 fully saturated rings. The Kier molecular flexibility index (Phi) is 6.31. The maximum atomic E-state index is 11.7. The minimum absolute atomic E-state index is 0.0592. The minimum Gasteiger partial charge on any atom is -0.481 e. The molecule has 0 atom stereocenters. The van der Waals surface area contributed by atoms with E-state index >= 15 is 0 Å². The van der Waals surface area contributed by atoms with Crippen molar-refractivity contribution in [2.24, 2.45) is 0 Å². The lowest BCUT2D eigenvalue weighted by Gasteiger charge is -2.12. The Hall–Kier alpha value is -1.95. The van der Waals surface area contributed by atoms with Gasteiger partial charge in [-0.25, -0.2) is 0 Å². The highest BCUT2D eigenvalue weighted by Crippen LogP contribution is 2.37. The molecule has 2 aromatic carbocycles. The maximum absolute atomic E-state index is 11.7. The van der Waals surface area contributed by atoms with E-state index in [0.29, 0.717) is 15.8 Å². The second-order valence-electron chi connectivity index (χ2n) is 4.64. The van der Waals surface area contributed by atoms with E-state index in [9.17, 15) is 9.59 Å². The van der Waals surface area contributed by atoms with Crippen LogP contribution >= 0.6 is 34.8 Å². The Morgan fingerprint density at radius 1 is 0.875 bits per heavy atom. The molecule has 5 nitrogen and oxygen atoms in total. The molecule has 1 N–H and O–H groups in total. The zero-order valence-corrected chi connectivity index (χ0v) is 14.4. The van der Waals surface area contributed by atoms with Crippen molar-refractivity contribution in [1.29, 1.82) is 0 Å². The third-order valence-corrected chi connectivity index (χ3v) is 3.55. The van der Waals surface area contributed by atoms with Crippen molar-refractivity contribution in [3.8, 4) is 17.2 Å². The zero-order valence-electron chi connectivity index (χ0n) is 12.1. The van der Waals surface area contributed by atoms with Gasteiger partial charge in [0.1, 0.15) is 5.75 Å². The first-order valence-corrected chi connectivity index (χ1v) is 7.83. The van der Waals surface area contributed by atoms with Gasteiger partial charge in [0.05, 0.1) is 17.9 Å². The van der Waals surface area contributed by atoms with E-state index in [2.05, 4.69) is 0 Å². The SMILES string of the molecule is O=C(O)CCC(=O)Oc1cc(Cl)ccc1Oc1ccc(Cl)cc1Cl. The topological polar surface area (TPSA) is 72.8 Å². The fourth-order valence-corrected chi connectivity index (χ4v) is 2.31. The first kappa shape index (κ1) is 18.4. The molecule has 24 heavy (non-hydrogen) atoms. The Bertz CT molecular complexity index is 776. The largest absolute Gasteiger partial charge is 0.481 e. The highest BCUT2D eigenvalue weighted by Gasteiger charge is 2.14. The number of hydrogen-bond acceptors (Lipinski definition) is 4. The number of aliphatic carboxylic acids is 1. The molecule has 8 heteroatoms. The summed E-state index contributed by atoms with van der Waals surface area (Å²) in [5, 5.41) is 9.65. The van der Waals surface area contributed by atoms with E-state index in [1.165, 1.54) is 18.2 Å². The lowest BCUT2D eigenvalue weighted by atomic mass is 10.3. The van der Waals surface area contributed by atoms with Gasteiger partial charge in [0.15, 0.2) is 11.5 Å². The Morgan fingerprint density at radius 3 is 2.12 bits per heavy atom. The number of halogens is 3. The molecule has 0 unspecified atom stereocenters. The van der Waals surface area contributed by atoms with Gasteiger partial charge in [0.25, 0.3) is 0 Å². The molecule has 0 spiro atoms. The van der Waals surface area contributed by atoms with Crippen LogP contribution in [0.3, 0.4) is 0 Å². The summed E-state index contributed by atoms with van der Waals surface area (Å²) in [6.07, 6.45) is -0.610. The second-order valence-corrected chi connectivity index (χ2v) is 5.92. The van der Waals surface area contributed by atoms with Crippen LogP contribution < -0.4 is 9.47 Å². The van der Waals surface area contributed by atoms with E-state index in [1.54, 1.807) is 18.2 Å². The van der Waals surface area contributed by atoms with Gasteiger partial charge in [0.2, 0.25) is 0 Å². The van der Waals surface area contributed by atoms with Crippen LogP contribution in [0.25, 0.3) is 0 Å². The molecule has 126 valence electrons. The third-order valence-electron chi connectivity index (χ3n) is 2.79. The molecule has 0 aliphatic heterocycles. The molecular formula is C16H11Cl3O5. The quantitative estimate of drug-likeness (QED) is 0.542. The predicted molar refractivity (Wildman–Crippen MR) is 90.5 cm³/mol. The first-order valence-electron chi connectivity index (χ1n) is 6.70. The molecule has 2 rings (SSSR count). The zero-order chi connectivity index (χ0) is 17.7. The number of hydrogen-bond donors (Lipinski definition) is 1. The standard InChI is InChI=1S/C16H11Cl3O5/c17-9-1-3-12(11(19)7-9)23-13-4-2-10(18)8-14(13)24-16(22)6-5-15(20)21/h1-4,7-8H,5-6H2,(H,20,21). The summed E-state index contributed by atoms with van der Waals surface area (Å²) in [7, 11) is 0. The molecule has 0 amide bonds. The molecule has 0 aliphatic carbocycles. The second kappa shape index (κ2) is 8.24. The minimum atomic E-state index is -1.09. The van der Waals surface area contributed by atoms with Crippen molar-refractivity contribution < 1.29 is 24.2 Å². The van der Waals surface area contributed by atoms with Crippen LogP contribution in [0.2, 0.25) is 15.1 Å². The maximum Gasteiger partial charge on any atom is 0.311 e. The summed E-state index contributed by atoms with van der Waals surface area (Å²) in [5.74, 6) is -1.24. The van der Waals surface area contributed by atoms with Crippen molar-refractivity contribution in [1.82, 2.24) is 0 Å². The van der Waals surface area contributed by atoms with E-state index < -0.39 is 11.9 Å². The number of ether oxygens (including phenoxy) is 2. The average molecular weight is 390 g/mol. The third kappa shape index (κ3) is 5.30. The lowest BCUT2D eigenvalue weighted by molar-refractivity contribution is -0.142. The van der Waals surface area contributed by atoms with E-state index in [0.717, 1.165) is 0 Å². The van der Waals surface area contributed by atoms with Crippen molar-refractivity contribution >= 4 is 46.7 Å². The molecular weight excluding hydrogens is 379 g/mol. The molecule has 0 radical (unpaired) electrons. The van der Waals surface area contributed by atoms with Crippen molar-refractivity contribution in [3.05, 3.63) is 51.5 Å². The number of esters is 1. The fraction of sp³-hybridized carbons (Fsp3) is 0.125. The number of rotatable bonds is 6. The van der Waals surface area contributed by atoms with Crippen LogP contribution in [0.15, 0.2) is 36.4 Å².